The highest BCUT2D eigenvalue weighted by Gasteiger charge is 2.06. The summed E-state index contributed by atoms with van der Waals surface area (Å²) in [5, 5.41) is 12.1. The molecule has 19 heavy (non-hydrogen) atoms. The molecular weight excluding hydrogens is 306 g/mol. The van der Waals surface area contributed by atoms with Gasteiger partial charge in [0.25, 0.3) is 0 Å². The van der Waals surface area contributed by atoms with Crippen LogP contribution in [0.3, 0.4) is 0 Å². The second kappa shape index (κ2) is 5.63. The van der Waals surface area contributed by atoms with E-state index in [0.717, 1.165) is 15.9 Å². The van der Waals surface area contributed by atoms with Crippen molar-refractivity contribution in [2.75, 3.05) is 18.2 Å². The molecule has 2 aromatic rings. The van der Waals surface area contributed by atoms with E-state index in [0.29, 0.717) is 16.9 Å². The first-order chi connectivity index (χ1) is 9.13. The quantitative estimate of drug-likeness (QED) is 0.847. The number of nitriles is 1. The van der Waals surface area contributed by atoms with Gasteiger partial charge >= 0.3 is 0 Å². The van der Waals surface area contributed by atoms with E-state index in [2.05, 4.69) is 27.3 Å². The van der Waals surface area contributed by atoms with E-state index in [1.54, 1.807) is 19.2 Å². The first kappa shape index (κ1) is 13.2. The number of hydrogen-bond acceptors (Lipinski definition) is 4. The zero-order valence-electron chi connectivity index (χ0n) is 10.3. The van der Waals surface area contributed by atoms with Crippen LogP contribution in [0.25, 0.3) is 0 Å². The van der Waals surface area contributed by atoms with E-state index >= 15 is 0 Å². The molecule has 4 nitrogen and oxygen atoms in total. The largest absolute Gasteiger partial charge is 0.497 e. The van der Waals surface area contributed by atoms with Gasteiger partial charge in [0.05, 0.1) is 24.0 Å². The van der Waals surface area contributed by atoms with E-state index in [1.807, 2.05) is 24.3 Å². The second-order valence-electron chi connectivity index (χ2n) is 3.88. The minimum absolute atomic E-state index is 0.434. The monoisotopic (exact) mass is 317 g/mol. The fourth-order valence-electron chi connectivity index (χ4n) is 1.68. The number of nitrogen functional groups attached to an aromatic ring is 1. The predicted molar refractivity (Wildman–Crippen MR) is 79.5 cm³/mol. The van der Waals surface area contributed by atoms with E-state index in [1.165, 1.54) is 0 Å². The second-order valence-corrected chi connectivity index (χ2v) is 4.80. The van der Waals surface area contributed by atoms with Gasteiger partial charge in [-0.3, -0.25) is 0 Å². The molecule has 0 aliphatic heterocycles. The van der Waals surface area contributed by atoms with Crippen LogP contribution in [0.2, 0.25) is 0 Å². The van der Waals surface area contributed by atoms with Crippen LogP contribution in [0.15, 0.2) is 40.9 Å². The number of nitrogens with two attached hydrogens (primary N) is 1. The Kier molecular flexibility index (Phi) is 3.93. The van der Waals surface area contributed by atoms with Crippen LogP contribution >= 0.6 is 15.9 Å². The smallest absolute Gasteiger partial charge is 0.122 e. The first-order valence-corrected chi connectivity index (χ1v) is 6.33. The number of ether oxygens (including phenoxy) is 1. The maximum atomic E-state index is 8.95. The van der Waals surface area contributed by atoms with E-state index in [4.69, 9.17) is 15.7 Å². The number of methoxy groups -OCH3 is 1. The number of rotatable bonds is 3. The van der Waals surface area contributed by atoms with Crippen molar-refractivity contribution in [3.8, 4) is 11.8 Å². The number of hydrogen-bond donors (Lipinski definition) is 2. The summed E-state index contributed by atoms with van der Waals surface area (Å²) in [7, 11) is 1.61. The molecule has 0 heterocycles. The van der Waals surface area contributed by atoms with Crippen molar-refractivity contribution in [1.29, 1.82) is 5.26 Å². The Hall–Kier alpha value is -2.19. The molecule has 0 aliphatic carbocycles. The van der Waals surface area contributed by atoms with Crippen LogP contribution in [0.4, 0.5) is 17.1 Å². The van der Waals surface area contributed by atoms with E-state index < -0.39 is 0 Å². The lowest BCUT2D eigenvalue weighted by molar-refractivity contribution is 0.415. The molecule has 3 N–H and O–H groups in total. The van der Waals surface area contributed by atoms with Crippen molar-refractivity contribution in [3.63, 3.8) is 0 Å². The van der Waals surface area contributed by atoms with Gasteiger partial charge in [0.15, 0.2) is 0 Å². The lowest BCUT2D eigenvalue weighted by atomic mass is 10.1. The molecule has 0 unspecified atom stereocenters. The molecular formula is C14H12BrN3O. The maximum Gasteiger partial charge on any atom is 0.122 e. The van der Waals surface area contributed by atoms with Crippen LogP contribution in [0.5, 0.6) is 5.75 Å². The van der Waals surface area contributed by atoms with E-state index in [-0.39, 0.29) is 0 Å². The Balaban J connectivity index is 2.37. The highest BCUT2D eigenvalue weighted by molar-refractivity contribution is 9.10. The summed E-state index contributed by atoms with van der Waals surface area (Å²) >= 11 is 3.41. The molecule has 5 heteroatoms. The highest BCUT2D eigenvalue weighted by atomic mass is 79.9. The third-order valence-corrected chi connectivity index (χ3v) is 3.07. The number of benzene rings is 2. The molecule has 0 bridgehead atoms. The molecule has 0 aromatic heterocycles. The van der Waals surface area contributed by atoms with Crippen molar-refractivity contribution in [2.45, 2.75) is 0 Å². The predicted octanol–water partition coefficient (Wildman–Crippen LogP) is 3.66. The fraction of sp³-hybridized carbons (Fsp3) is 0.0714. The summed E-state index contributed by atoms with van der Waals surface area (Å²) in [6.07, 6.45) is 0. The van der Waals surface area contributed by atoms with Crippen LogP contribution < -0.4 is 15.8 Å². The Morgan fingerprint density at radius 1 is 1.32 bits per heavy atom. The van der Waals surface area contributed by atoms with Crippen molar-refractivity contribution in [1.82, 2.24) is 0 Å². The lowest BCUT2D eigenvalue weighted by Crippen LogP contribution is -1.99. The summed E-state index contributed by atoms with van der Waals surface area (Å²) in [6, 6.07) is 13.0. The zero-order chi connectivity index (χ0) is 13.8. The molecule has 96 valence electrons. The SMILES string of the molecule is COc1cc(Br)cc(Nc2cccc(C#N)c2N)c1. The van der Waals surface area contributed by atoms with Gasteiger partial charge in [-0.25, -0.2) is 0 Å². The molecule has 0 aliphatic rings. The number of nitrogens with one attached hydrogen (secondary N) is 1. The maximum absolute atomic E-state index is 8.95. The fourth-order valence-corrected chi connectivity index (χ4v) is 2.15. The standard InChI is InChI=1S/C14H12BrN3O/c1-19-12-6-10(15)5-11(7-12)18-13-4-2-3-9(8-16)14(13)17/h2-7,18H,17H2,1H3. The summed E-state index contributed by atoms with van der Waals surface area (Å²) in [5.74, 6) is 0.729. The van der Waals surface area contributed by atoms with Gasteiger partial charge in [-0.15, -0.1) is 0 Å². The van der Waals surface area contributed by atoms with Crippen LogP contribution in [-0.4, -0.2) is 7.11 Å². The third kappa shape index (κ3) is 2.98. The minimum atomic E-state index is 0.434. The van der Waals surface area contributed by atoms with Gasteiger partial charge in [-0.1, -0.05) is 22.0 Å². The number of anilines is 3. The molecule has 0 radical (unpaired) electrons. The summed E-state index contributed by atoms with van der Waals surface area (Å²) in [5.41, 5.74) is 8.33. The van der Waals surface area contributed by atoms with Crippen molar-refractivity contribution >= 4 is 33.0 Å². The molecule has 0 spiro atoms. The van der Waals surface area contributed by atoms with E-state index in [9.17, 15) is 0 Å². The van der Waals surface area contributed by atoms with Crippen LogP contribution in [0, 0.1) is 11.3 Å². The van der Waals surface area contributed by atoms with Crippen LogP contribution in [0.1, 0.15) is 5.56 Å². The van der Waals surface area contributed by atoms with Gasteiger partial charge in [-0.05, 0) is 24.3 Å². The zero-order valence-corrected chi connectivity index (χ0v) is 11.9. The minimum Gasteiger partial charge on any atom is -0.497 e. The number of para-hydroxylation sites is 1. The van der Waals surface area contributed by atoms with Crippen molar-refractivity contribution in [3.05, 3.63) is 46.4 Å². The van der Waals surface area contributed by atoms with Crippen molar-refractivity contribution in [2.24, 2.45) is 0 Å². The Morgan fingerprint density at radius 3 is 2.79 bits per heavy atom. The number of nitrogens with zero attached hydrogens (tertiary/aromatic N) is 1. The normalized spacial score (nSPS) is 9.74. The Bertz CT molecular complexity index is 650. The van der Waals surface area contributed by atoms with Gasteiger partial charge in [-0.2, -0.15) is 5.26 Å². The summed E-state index contributed by atoms with van der Waals surface area (Å²) < 4.78 is 6.09. The molecule has 0 atom stereocenters. The average molecular weight is 318 g/mol. The number of halogens is 1. The molecule has 0 amide bonds. The molecule has 0 saturated heterocycles. The van der Waals surface area contributed by atoms with Crippen molar-refractivity contribution < 1.29 is 4.74 Å². The van der Waals surface area contributed by atoms with Gasteiger partial charge < -0.3 is 15.8 Å². The molecule has 2 aromatic carbocycles. The van der Waals surface area contributed by atoms with Gasteiger partial charge in [0.2, 0.25) is 0 Å². The highest BCUT2D eigenvalue weighted by Crippen LogP contribution is 2.30. The molecule has 0 saturated carbocycles. The average Bonchev–Trinajstić information content (AvgIpc) is 2.40. The molecule has 0 fully saturated rings. The van der Waals surface area contributed by atoms with Crippen LogP contribution in [-0.2, 0) is 0 Å². The lowest BCUT2D eigenvalue weighted by Gasteiger charge is -2.11. The molecule has 2 rings (SSSR count). The van der Waals surface area contributed by atoms with Gasteiger partial charge in [0, 0.05) is 16.2 Å². The Labute approximate surface area is 119 Å². The summed E-state index contributed by atoms with van der Waals surface area (Å²) in [6.45, 7) is 0. The topological polar surface area (TPSA) is 71.1 Å². The third-order valence-electron chi connectivity index (χ3n) is 2.61. The Morgan fingerprint density at radius 2 is 2.11 bits per heavy atom. The van der Waals surface area contributed by atoms with Gasteiger partial charge in [0.1, 0.15) is 11.8 Å². The summed E-state index contributed by atoms with van der Waals surface area (Å²) in [4.78, 5) is 0. The first-order valence-electron chi connectivity index (χ1n) is 5.54.